The molecule has 3 N–H and O–H groups in total. The van der Waals surface area contributed by atoms with E-state index in [2.05, 4.69) is 10.1 Å². The van der Waals surface area contributed by atoms with Gasteiger partial charge in [-0.3, -0.25) is 14.4 Å². The van der Waals surface area contributed by atoms with E-state index in [-0.39, 0.29) is 5.76 Å². The van der Waals surface area contributed by atoms with Crippen LogP contribution in [0.2, 0.25) is 0 Å². The van der Waals surface area contributed by atoms with Gasteiger partial charge in [0.2, 0.25) is 17.8 Å². The first-order chi connectivity index (χ1) is 12.7. The van der Waals surface area contributed by atoms with Gasteiger partial charge in [0.05, 0.1) is 19.2 Å². The van der Waals surface area contributed by atoms with Gasteiger partial charge in [-0.2, -0.15) is 0 Å². The maximum atomic E-state index is 12.9. The Bertz CT molecular complexity index is 616. The van der Waals surface area contributed by atoms with Crippen LogP contribution in [0.4, 0.5) is 0 Å². The zero-order valence-electron chi connectivity index (χ0n) is 16.2. The van der Waals surface area contributed by atoms with Crippen molar-refractivity contribution in [3.63, 3.8) is 0 Å². The molecule has 1 rings (SSSR count). The largest absolute Gasteiger partial charge is 0.477 e. The van der Waals surface area contributed by atoms with Crippen molar-refractivity contribution >= 4 is 23.8 Å². The summed E-state index contributed by atoms with van der Waals surface area (Å²) in [7, 11) is 1.16. The monoisotopic (exact) mass is 385 g/mol. The first-order valence-electron chi connectivity index (χ1n) is 8.61. The molecule has 0 saturated heterocycles. The molecule has 0 aromatic carbocycles. The van der Waals surface area contributed by atoms with E-state index in [1.807, 2.05) is 0 Å². The van der Waals surface area contributed by atoms with Gasteiger partial charge in [-0.05, 0) is 19.9 Å². The number of methoxy groups -OCH3 is 1. The molecule has 10 nitrogen and oxygen atoms in total. The zero-order chi connectivity index (χ0) is 20.7. The molecule has 0 radical (unpaired) electrons. The molecular formula is C17H27N3O7. The molecule has 10 heteroatoms. The molecule has 0 aromatic rings. The number of hydrogen-bond donors (Lipinski definition) is 2. The molecular weight excluding hydrogens is 358 g/mol. The lowest BCUT2D eigenvalue weighted by molar-refractivity contribution is -0.171. The van der Waals surface area contributed by atoms with Gasteiger partial charge >= 0.3 is 11.9 Å². The van der Waals surface area contributed by atoms with Gasteiger partial charge in [0.1, 0.15) is 0 Å². The second-order valence-corrected chi connectivity index (χ2v) is 5.95. The summed E-state index contributed by atoms with van der Waals surface area (Å²) in [5.74, 6) is -2.67. The number of carbonyl (C=O) groups excluding carboxylic acids is 4. The highest BCUT2D eigenvalue weighted by Gasteiger charge is 2.46. The lowest BCUT2D eigenvalue weighted by atomic mass is 9.94. The molecule has 1 aliphatic rings. The highest BCUT2D eigenvalue weighted by Crippen LogP contribution is 2.24. The number of rotatable bonds is 7. The maximum Gasteiger partial charge on any atom is 0.373 e. The van der Waals surface area contributed by atoms with Crippen LogP contribution >= 0.6 is 0 Å². The summed E-state index contributed by atoms with van der Waals surface area (Å²) in [4.78, 5) is 49.4. The third kappa shape index (κ3) is 5.68. The Labute approximate surface area is 158 Å². The summed E-state index contributed by atoms with van der Waals surface area (Å²) in [6.07, 6.45) is -1.33. The Kier molecular flexibility index (Phi) is 8.23. The summed E-state index contributed by atoms with van der Waals surface area (Å²) < 4.78 is 15.5. The molecule has 152 valence electrons. The fraction of sp³-hybridized carbons (Fsp3) is 0.647. The highest BCUT2D eigenvalue weighted by molar-refractivity contribution is 5.88. The Morgan fingerprint density at radius 2 is 1.85 bits per heavy atom. The summed E-state index contributed by atoms with van der Waals surface area (Å²) >= 11 is 0. The minimum absolute atomic E-state index is 0.221. The zero-order valence-corrected chi connectivity index (χ0v) is 16.2. The van der Waals surface area contributed by atoms with Gasteiger partial charge in [0.15, 0.2) is 6.10 Å². The van der Waals surface area contributed by atoms with E-state index in [9.17, 15) is 19.2 Å². The summed E-state index contributed by atoms with van der Waals surface area (Å²) in [5.41, 5.74) is 6.07. The molecule has 27 heavy (non-hydrogen) atoms. The third-order valence-electron chi connectivity index (χ3n) is 4.04. The average Bonchev–Trinajstić information content (AvgIpc) is 2.61. The minimum atomic E-state index is -1.40. The predicted octanol–water partition coefficient (Wildman–Crippen LogP) is -0.926. The number of hydrogen-bond acceptors (Lipinski definition) is 8. The number of ether oxygens (including phenoxy) is 3. The van der Waals surface area contributed by atoms with Crippen molar-refractivity contribution in [3.8, 4) is 0 Å². The van der Waals surface area contributed by atoms with E-state index in [1.165, 1.54) is 17.9 Å². The lowest BCUT2D eigenvalue weighted by Gasteiger charge is -2.39. The molecule has 4 atom stereocenters. The van der Waals surface area contributed by atoms with E-state index >= 15 is 0 Å². The summed E-state index contributed by atoms with van der Waals surface area (Å²) in [6.45, 7) is 6.70. The molecule has 0 bridgehead atoms. The molecule has 1 heterocycles. The van der Waals surface area contributed by atoms with Crippen molar-refractivity contribution in [1.82, 2.24) is 10.2 Å². The van der Waals surface area contributed by atoms with Crippen LogP contribution in [0.25, 0.3) is 0 Å². The van der Waals surface area contributed by atoms with Gasteiger partial charge in [-0.25, -0.2) is 4.79 Å². The van der Waals surface area contributed by atoms with Gasteiger partial charge < -0.3 is 30.2 Å². The van der Waals surface area contributed by atoms with Gasteiger partial charge in [0.25, 0.3) is 5.91 Å². The second kappa shape index (κ2) is 9.91. The molecule has 0 saturated carbocycles. The third-order valence-corrected chi connectivity index (χ3v) is 4.04. The Balaban J connectivity index is 3.35. The van der Waals surface area contributed by atoms with Crippen molar-refractivity contribution in [2.24, 2.45) is 5.73 Å². The summed E-state index contributed by atoms with van der Waals surface area (Å²) in [6, 6.07) is -1.77. The molecule has 0 spiro atoms. The van der Waals surface area contributed by atoms with Crippen LogP contribution in [0.1, 0.15) is 27.7 Å². The van der Waals surface area contributed by atoms with Crippen LogP contribution < -0.4 is 11.1 Å². The van der Waals surface area contributed by atoms with Crippen LogP contribution in [-0.2, 0) is 33.4 Å². The van der Waals surface area contributed by atoms with E-state index < -0.39 is 48.0 Å². The van der Waals surface area contributed by atoms with E-state index in [1.54, 1.807) is 13.8 Å². The minimum Gasteiger partial charge on any atom is -0.477 e. The molecule has 0 fully saturated rings. The maximum absolute atomic E-state index is 12.9. The smallest absolute Gasteiger partial charge is 0.373 e. The molecule has 0 aliphatic carbocycles. The Morgan fingerprint density at radius 3 is 2.30 bits per heavy atom. The van der Waals surface area contributed by atoms with Crippen molar-refractivity contribution in [1.29, 1.82) is 0 Å². The SMILES string of the molecule is CCN(CC)C(=O)[C@@H](OC(C)=O)[C@@H]1OC(C(=O)OC)=C[C@H](N)[C@H]1NC(C)=O. The average molecular weight is 385 g/mol. The number of esters is 2. The number of likely N-dealkylation sites (N-methyl/N-ethyl adjacent to an activating group) is 1. The van der Waals surface area contributed by atoms with Crippen molar-refractivity contribution in [2.75, 3.05) is 20.2 Å². The number of nitrogens with zero attached hydrogens (tertiary/aromatic N) is 1. The molecule has 0 unspecified atom stereocenters. The number of nitrogens with one attached hydrogen (secondary N) is 1. The van der Waals surface area contributed by atoms with E-state index in [0.717, 1.165) is 14.0 Å². The molecule has 1 aliphatic heterocycles. The standard InChI is InChI=1S/C17H27N3O7/c1-6-20(7-2)16(23)15(26-10(4)22)14-13(19-9(3)21)11(18)8-12(27-14)17(24)25-5/h8,11,13-15H,6-7,18H2,1-5H3,(H,19,21)/t11-,13+,14+,15-/m0/s1. The quantitative estimate of drug-likeness (QED) is 0.537. The van der Waals surface area contributed by atoms with Crippen molar-refractivity contribution in [2.45, 2.75) is 52.0 Å². The van der Waals surface area contributed by atoms with Crippen LogP contribution in [-0.4, -0.2) is 73.1 Å². The molecule has 2 amide bonds. The van der Waals surface area contributed by atoms with Gasteiger partial charge in [-0.15, -0.1) is 0 Å². The van der Waals surface area contributed by atoms with Crippen molar-refractivity contribution < 1.29 is 33.4 Å². The Morgan fingerprint density at radius 1 is 1.26 bits per heavy atom. The number of carbonyl (C=O) groups is 4. The van der Waals surface area contributed by atoms with Crippen molar-refractivity contribution in [3.05, 3.63) is 11.8 Å². The van der Waals surface area contributed by atoms with Crippen LogP contribution in [0.15, 0.2) is 11.8 Å². The first-order valence-corrected chi connectivity index (χ1v) is 8.61. The van der Waals surface area contributed by atoms with E-state index in [4.69, 9.17) is 15.2 Å². The normalized spacial score (nSPS) is 22.6. The number of nitrogens with two attached hydrogens (primary N) is 1. The first kappa shape index (κ1) is 22.4. The second-order valence-electron chi connectivity index (χ2n) is 5.95. The number of amides is 2. The Hall–Kier alpha value is -2.62. The topological polar surface area (TPSA) is 137 Å². The fourth-order valence-electron chi connectivity index (χ4n) is 2.79. The van der Waals surface area contributed by atoms with Crippen LogP contribution in [0.5, 0.6) is 0 Å². The van der Waals surface area contributed by atoms with Gasteiger partial charge in [-0.1, -0.05) is 0 Å². The van der Waals surface area contributed by atoms with E-state index in [0.29, 0.717) is 13.1 Å². The van der Waals surface area contributed by atoms with Crippen LogP contribution in [0.3, 0.4) is 0 Å². The lowest BCUT2D eigenvalue weighted by Crippen LogP contribution is -2.63. The predicted molar refractivity (Wildman–Crippen MR) is 94.0 cm³/mol. The molecule has 0 aromatic heterocycles. The summed E-state index contributed by atoms with van der Waals surface area (Å²) in [5, 5.41) is 2.59. The van der Waals surface area contributed by atoms with Gasteiger partial charge in [0, 0.05) is 26.9 Å². The van der Waals surface area contributed by atoms with Crippen LogP contribution in [0, 0.1) is 0 Å². The highest BCUT2D eigenvalue weighted by atomic mass is 16.6. The fourth-order valence-corrected chi connectivity index (χ4v) is 2.79.